The molecule has 27 heavy (non-hydrogen) atoms. The van der Waals surface area contributed by atoms with Gasteiger partial charge in [-0.05, 0) is 42.5 Å². The van der Waals surface area contributed by atoms with Gasteiger partial charge in [0.05, 0.1) is 10.6 Å². The summed E-state index contributed by atoms with van der Waals surface area (Å²) in [5.41, 5.74) is 1.83. The van der Waals surface area contributed by atoms with E-state index in [9.17, 15) is 9.59 Å². The summed E-state index contributed by atoms with van der Waals surface area (Å²) in [5, 5.41) is 6.04. The van der Waals surface area contributed by atoms with Crippen LogP contribution in [0.5, 0.6) is 0 Å². The third-order valence-corrected chi connectivity index (χ3v) is 5.72. The van der Waals surface area contributed by atoms with Crippen molar-refractivity contribution >= 4 is 34.2 Å². The molecule has 0 saturated carbocycles. The van der Waals surface area contributed by atoms with Crippen LogP contribution in [-0.4, -0.2) is 45.9 Å². The molecule has 1 aliphatic rings. The lowest BCUT2D eigenvalue weighted by Gasteiger charge is -2.15. The highest BCUT2D eigenvalue weighted by molar-refractivity contribution is 7.13. The van der Waals surface area contributed by atoms with Gasteiger partial charge in [0.2, 0.25) is 11.8 Å². The second kappa shape index (κ2) is 7.92. The number of aromatic nitrogens is 2. The van der Waals surface area contributed by atoms with Gasteiger partial charge < -0.3 is 14.8 Å². The van der Waals surface area contributed by atoms with Crippen molar-refractivity contribution in [3.63, 3.8) is 0 Å². The van der Waals surface area contributed by atoms with E-state index in [1.54, 1.807) is 17.5 Å². The number of nitrogens with zero attached hydrogens (tertiary/aromatic N) is 3. The van der Waals surface area contributed by atoms with Gasteiger partial charge in [0.15, 0.2) is 0 Å². The van der Waals surface area contributed by atoms with E-state index in [0.717, 1.165) is 41.0 Å². The second-order valence-electron chi connectivity index (χ2n) is 6.70. The monoisotopic (exact) mass is 382 g/mol. The lowest BCUT2D eigenvalue weighted by Crippen LogP contribution is -2.32. The van der Waals surface area contributed by atoms with Crippen molar-refractivity contribution in [1.82, 2.24) is 19.8 Å². The molecule has 1 saturated heterocycles. The standard InChI is InChI=1S/C20H22N4O2S/c25-18(21-9-4-11-23-10-2-7-19(23)26)14-24-16(17-6-3-12-27-17)13-15-5-1-8-22-20(15)24/h1,3,5-6,8,12-13H,2,4,7,9-11,14H2,(H,21,25). The minimum atomic E-state index is -0.0382. The van der Waals surface area contributed by atoms with E-state index >= 15 is 0 Å². The Balaban J connectivity index is 1.41. The SMILES string of the molecule is O=C(Cn1c(-c2cccs2)cc2cccnc21)NCCCN1CCCC1=O. The summed E-state index contributed by atoms with van der Waals surface area (Å²) in [6.45, 7) is 2.37. The van der Waals surface area contributed by atoms with Crippen molar-refractivity contribution in [3.8, 4) is 10.6 Å². The van der Waals surface area contributed by atoms with Crippen molar-refractivity contribution in [2.24, 2.45) is 0 Å². The zero-order valence-electron chi connectivity index (χ0n) is 15.1. The molecule has 3 aromatic rings. The summed E-state index contributed by atoms with van der Waals surface area (Å²) in [5.74, 6) is 0.190. The molecule has 1 aliphatic heterocycles. The molecule has 0 bridgehead atoms. The van der Waals surface area contributed by atoms with Gasteiger partial charge >= 0.3 is 0 Å². The average molecular weight is 382 g/mol. The molecule has 6 nitrogen and oxygen atoms in total. The smallest absolute Gasteiger partial charge is 0.240 e. The van der Waals surface area contributed by atoms with Crippen molar-refractivity contribution in [3.05, 3.63) is 41.9 Å². The molecule has 1 N–H and O–H groups in total. The van der Waals surface area contributed by atoms with E-state index in [1.165, 1.54) is 0 Å². The van der Waals surface area contributed by atoms with E-state index in [-0.39, 0.29) is 18.4 Å². The van der Waals surface area contributed by atoms with Crippen LogP contribution >= 0.6 is 11.3 Å². The first-order valence-electron chi connectivity index (χ1n) is 9.25. The molecule has 0 radical (unpaired) electrons. The van der Waals surface area contributed by atoms with Crippen LogP contribution in [0.4, 0.5) is 0 Å². The molecule has 1 fully saturated rings. The second-order valence-corrected chi connectivity index (χ2v) is 7.64. The molecular formula is C20H22N4O2S. The summed E-state index contributed by atoms with van der Waals surface area (Å²) in [7, 11) is 0. The molecule has 3 aromatic heterocycles. The summed E-state index contributed by atoms with van der Waals surface area (Å²) >= 11 is 1.65. The number of hydrogen-bond donors (Lipinski definition) is 1. The maximum Gasteiger partial charge on any atom is 0.240 e. The third-order valence-electron chi connectivity index (χ3n) is 4.83. The van der Waals surface area contributed by atoms with Crippen molar-refractivity contribution in [2.45, 2.75) is 25.8 Å². The molecule has 4 heterocycles. The largest absolute Gasteiger partial charge is 0.354 e. The van der Waals surface area contributed by atoms with E-state index in [2.05, 4.69) is 22.4 Å². The molecule has 0 atom stereocenters. The Morgan fingerprint density at radius 2 is 2.22 bits per heavy atom. The zero-order valence-corrected chi connectivity index (χ0v) is 15.9. The van der Waals surface area contributed by atoms with Crippen molar-refractivity contribution < 1.29 is 9.59 Å². The van der Waals surface area contributed by atoms with Crippen LogP contribution in [0, 0.1) is 0 Å². The predicted molar refractivity (Wildman–Crippen MR) is 106 cm³/mol. The summed E-state index contributed by atoms with van der Waals surface area (Å²) in [6.07, 6.45) is 4.14. The number of likely N-dealkylation sites (tertiary alicyclic amines) is 1. The number of carbonyl (C=O) groups is 2. The maximum absolute atomic E-state index is 12.5. The first kappa shape index (κ1) is 17.7. The number of rotatable bonds is 7. The Labute approximate surface area is 161 Å². The number of nitrogens with one attached hydrogen (secondary N) is 1. The molecule has 4 rings (SSSR count). The molecule has 140 valence electrons. The fourth-order valence-electron chi connectivity index (χ4n) is 3.51. The van der Waals surface area contributed by atoms with Crippen LogP contribution in [0.3, 0.4) is 0 Å². The van der Waals surface area contributed by atoms with E-state index in [0.29, 0.717) is 19.5 Å². The Hall–Kier alpha value is -2.67. The Morgan fingerprint density at radius 3 is 3.00 bits per heavy atom. The van der Waals surface area contributed by atoms with Gasteiger partial charge in [-0.25, -0.2) is 4.98 Å². The van der Waals surface area contributed by atoms with Gasteiger partial charge in [0, 0.05) is 37.6 Å². The lowest BCUT2D eigenvalue weighted by molar-refractivity contribution is -0.127. The third kappa shape index (κ3) is 3.88. The predicted octanol–water partition coefficient (Wildman–Crippen LogP) is 2.89. The molecule has 2 amide bonds. The number of amides is 2. The lowest BCUT2D eigenvalue weighted by atomic mass is 10.3. The fourth-order valence-corrected chi connectivity index (χ4v) is 4.26. The van der Waals surface area contributed by atoms with Crippen molar-refractivity contribution in [2.75, 3.05) is 19.6 Å². The van der Waals surface area contributed by atoms with Gasteiger partial charge in [0.25, 0.3) is 0 Å². The number of thiophene rings is 1. The van der Waals surface area contributed by atoms with Gasteiger partial charge in [-0.3, -0.25) is 9.59 Å². The van der Waals surface area contributed by atoms with E-state index in [1.807, 2.05) is 33.0 Å². The number of pyridine rings is 1. The van der Waals surface area contributed by atoms with Crippen molar-refractivity contribution in [1.29, 1.82) is 0 Å². The minimum absolute atomic E-state index is 0.0382. The van der Waals surface area contributed by atoms with Crippen LogP contribution in [0.2, 0.25) is 0 Å². The molecule has 0 aromatic carbocycles. The highest BCUT2D eigenvalue weighted by Crippen LogP contribution is 2.30. The highest BCUT2D eigenvalue weighted by Gasteiger charge is 2.19. The van der Waals surface area contributed by atoms with Gasteiger partial charge in [0.1, 0.15) is 12.2 Å². The molecule has 7 heteroatoms. The molecule has 0 aliphatic carbocycles. The van der Waals surface area contributed by atoms with Crippen LogP contribution in [0.25, 0.3) is 21.6 Å². The maximum atomic E-state index is 12.5. The normalized spacial score (nSPS) is 14.2. The van der Waals surface area contributed by atoms with E-state index in [4.69, 9.17) is 0 Å². The Bertz CT molecular complexity index is 948. The highest BCUT2D eigenvalue weighted by atomic mass is 32.1. The van der Waals surface area contributed by atoms with E-state index < -0.39 is 0 Å². The van der Waals surface area contributed by atoms with Crippen LogP contribution < -0.4 is 5.32 Å². The molecule has 0 unspecified atom stereocenters. The first-order chi connectivity index (χ1) is 13.2. The van der Waals surface area contributed by atoms with Gasteiger partial charge in [-0.2, -0.15) is 0 Å². The fraction of sp³-hybridized carbons (Fsp3) is 0.350. The summed E-state index contributed by atoms with van der Waals surface area (Å²) in [4.78, 5) is 31.6. The number of fused-ring (bicyclic) bond motifs is 1. The summed E-state index contributed by atoms with van der Waals surface area (Å²) < 4.78 is 1.97. The molecular weight excluding hydrogens is 360 g/mol. The topological polar surface area (TPSA) is 67.2 Å². The zero-order chi connectivity index (χ0) is 18.6. The van der Waals surface area contributed by atoms with Crippen LogP contribution in [0.1, 0.15) is 19.3 Å². The average Bonchev–Trinajstić information content (AvgIpc) is 3.40. The molecule has 0 spiro atoms. The minimum Gasteiger partial charge on any atom is -0.354 e. The number of carbonyl (C=O) groups excluding carboxylic acids is 2. The summed E-state index contributed by atoms with van der Waals surface area (Å²) in [6, 6.07) is 10.1. The Morgan fingerprint density at radius 1 is 1.30 bits per heavy atom. The Kier molecular flexibility index (Phi) is 5.20. The van der Waals surface area contributed by atoms with Gasteiger partial charge in [-0.1, -0.05) is 6.07 Å². The quantitative estimate of drug-likeness (QED) is 0.639. The van der Waals surface area contributed by atoms with Crippen LogP contribution in [-0.2, 0) is 16.1 Å². The first-order valence-corrected chi connectivity index (χ1v) is 10.1. The van der Waals surface area contributed by atoms with Crippen LogP contribution in [0.15, 0.2) is 41.9 Å². The number of hydrogen-bond acceptors (Lipinski definition) is 4. The van der Waals surface area contributed by atoms with Gasteiger partial charge in [-0.15, -0.1) is 11.3 Å².